The molecule has 0 unspecified atom stereocenters. The van der Waals surface area contributed by atoms with Gasteiger partial charge in [0.2, 0.25) is 5.76 Å². The van der Waals surface area contributed by atoms with E-state index in [1.165, 1.54) is 4.90 Å². The zero-order chi connectivity index (χ0) is 22.2. The Kier molecular flexibility index (Phi) is 4.98. The molecule has 0 N–H and O–H groups in total. The van der Waals surface area contributed by atoms with Crippen LogP contribution in [0.25, 0.3) is 11.0 Å². The first-order valence-corrected chi connectivity index (χ1v) is 10.6. The first kappa shape index (κ1) is 20.0. The summed E-state index contributed by atoms with van der Waals surface area (Å²) in [5.41, 5.74) is 2.24. The number of para-hydroxylation sites is 1. The second-order valence-corrected chi connectivity index (χ2v) is 7.86. The Morgan fingerprint density at radius 1 is 1.06 bits per heavy atom. The van der Waals surface area contributed by atoms with Crippen molar-refractivity contribution in [1.29, 1.82) is 0 Å². The third-order valence-electron chi connectivity index (χ3n) is 5.57. The predicted molar refractivity (Wildman–Crippen MR) is 122 cm³/mol. The number of nitrogens with zero attached hydrogens (tertiary/aromatic N) is 2. The highest BCUT2D eigenvalue weighted by molar-refractivity contribution is 6.10. The standard InChI is InChI=1S/C26H22N2O4/c1-3-13-31-18-8-6-7-17(14-18)23-22-24(29)19-9-4-5-10-20(19)32-25(22)26(30)28(23)21-12-11-16(2)15-27-21/h4-12,14-15,23H,3,13H2,1-2H3/t23-/m0/s1. The van der Waals surface area contributed by atoms with E-state index >= 15 is 0 Å². The van der Waals surface area contributed by atoms with Crippen LogP contribution in [0.2, 0.25) is 0 Å². The minimum absolute atomic E-state index is 0.0564. The molecule has 32 heavy (non-hydrogen) atoms. The largest absolute Gasteiger partial charge is 0.494 e. The first-order valence-electron chi connectivity index (χ1n) is 10.6. The summed E-state index contributed by atoms with van der Waals surface area (Å²) in [6.45, 7) is 4.55. The second-order valence-electron chi connectivity index (χ2n) is 7.86. The molecule has 2 aromatic carbocycles. The number of aryl methyl sites for hydroxylation is 1. The van der Waals surface area contributed by atoms with Gasteiger partial charge in [-0.3, -0.25) is 14.5 Å². The molecule has 0 fully saturated rings. The molecular weight excluding hydrogens is 404 g/mol. The number of amides is 1. The van der Waals surface area contributed by atoms with Gasteiger partial charge in [0.25, 0.3) is 5.91 Å². The lowest BCUT2D eigenvalue weighted by Gasteiger charge is -2.24. The Morgan fingerprint density at radius 2 is 1.91 bits per heavy atom. The summed E-state index contributed by atoms with van der Waals surface area (Å²) in [6.07, 6.45) is 2.58. The van der Waals surface area contributed by atoms with Gasteiger partial charge < -0.3 is 9.15 Å². The molecule has 0 spiro atoms. The minimum Gasteiger partial charge on any atom is -0.494 e. The zero-order valence-corrected chi connectivity index (χ0v) is 17.9. The van der Waals surface area contributed by atoms with E-state index < -0.39 is 6.04 Å². The van der Waals surface area contributed by atoms with Crippen molar-refractivity contribution in [2.45, 2.75) is 26.3 Å². The lowest BCUT2D eigenvalue weighted by atomic mass is 9.98. The highest BCUT2D eigenvalue weighted by Crippen LogP contribution is 2.41. The summed E-state index contributed by atoms with van der Waals surface area (Å²) >= 11 is 0. The first-order chi connectivity index (χ1) is 15.6. The van der Waals surface area contributed by atoms with Crippen molar-refractivity contribution in [3.05, 3.63) is 99.5 Å². The molecule has 1 amide bonds. The topological polar surface area (TPSA) is 72.6 Å². The molecule has 1 atom stereocenters. The average Bonchev–Trinajstić information content (AvgIpc) is 3.11. The van der Waals surface area contributed by atoms with E-state index in [0.29, 0.717) is 34.7 Å². The van der Waals surface area contributed by atoms with E-state index in [1.807, 2.05) is 44.2 Å². The van der Waals surface area contributed by atoms with E-state index in [4.69, 9.17) is 9.15 Å². The molecule has 1 aliphatic rings. The van der Waals surface area contributed by atoms with Crippen LogP contribution >= 0.6 is 0 Å². The molecule has 6 nitrogen and oxygen atoms in total. The molecule has 3 heterocycles. The van der Waals surface area contributed by atoms with Gasteiger partial charge in [0, 0.05) is 6.20 Å². The minimum atomic E-state index is -0.668. The Labute approximate surface area is 185 Å². The lowest BCUT2D eigenvalue weighted by Crippen LogP contribution is -2.30. The molecule has 160 valence electrons. The molecule has 6 heteroatoms. The average molecular weight is 426 g/mol. The normalized spacial score (nSPS) is 15.2. The van der Waals surface area contributed by atoms with E-state index in [2.05, 4.69) is 4.98 Å². The maximum atomic E-state index is 13.5. The molecule has 0 saturated carbocycles. The molecule has 0 saturated heterocycles. The van der Waals surface area contributed by atoms with Crippen LogP contribution in [0.1, 0.15) is 46.6 Å². The van der Waals surface area contributed by atoms with Crippen molar-refractivity contribution >= 4 is 22.7 Å². The maximum absolute atomic E-state index is 13.5. The van der Waals surface area contributed by atoms with Gasteiger partial charge in [-0.05, 0) is 54.8 Å². The van der Waals surface area contributed by atoms with Crippen molar-refractivity contribution in [1.82, 2.24) is 4.98 Å². The smallest absolute Gasteiger partial charge is 0.296 e. The monoisotopic (exact) mass is 426 g/mol. The highest BCUT2D eigenvalue weighted by Gasteiger charge is 2.44. The summed E-state index contributed by atoms with van der Waals surface area (Å²) in [6, 6.07) is 17.5. The third-order valence-corrected chi connectivity index (χ3v) is 5.57. The number of pyridine rings is 1. The second kappa shape index (κ2) is 7.96. The lowest BCUT2D eigenvalue weighted by molar-refractivity contribution is 0.0970. The van der Waals surface area contributed by atoms with Crippen molar-refractivity contribution in [2.24, 2.45) is 0 Å². The Bertz CT molecular complexity index is 1370. The van der Waals surface area contributed by atoms with Crippen LogP contribution in [-0.2, 0) is 0 Å². The Hall–Kier alpha value is -3.93. The molecule has 4 aromatic rings. The third kappa shape index (κ3) is 3.24. The number of aromatic nitrogens is 1. The van der Waals surface area contributed by atoms with Gasteiger partial charge in [-0.1, -0.05) is 37.3 Å². The van der Waals surface area contributed by atoms with Crippen LogP contribution in [0.15, 0.2) is 76.1 Å². The SMILES string of the molecule is CCCOc1cccc([C@H]2c3c(oc4ccccc4c3=O)C(=O)N2c2ccc(C)cn2)c1. The van der Waals surface area contributed by atoms with Gasteiger partial charge in [-0.15, -0.1) is 0 Å². The quantitative estimate of drug-likeness (QED) is 0.447. The van der Waals surface area contributed by atoms with E-state index in [9.17, 15) is 9.59 Å². The number of carbonyl (C=O) groups excluding carboxylic acids is 1. The number of rotatable bonds is 5. The summed E-state index contributed by atoms with van der Waals surface area (Å²) in [5.74, 6) is 0.817. The predicted octanol–water partition coefficient (Wildman–Crippen LogP) is 5.04. The molecule has 1 aliphatic heterocycles. The number of ether oxygens (including phenoxy) is 1. The molecule has 0 bridgehead atoms. The van der Waals surface area contributed by atoms with E-state index in [-0.39, 0.29) is 17.1 Å². The molecule has 0 radical (unpaired) electrons. The molecular formula is C26H22N2O4. The number of carbonyl (C=O) groups is 1. The van der Waals surface area contributed by atoms with Gasteiger partial charge in [0.15, 0.2) is 5.43 Å². The van der Waals surface area contributed by atoms with Gasteiger partial charge >= 0.3 is 0 Å². The van der Waals surface area contributed by atoms with Gasteiger partial charge in [-0.2, -0.15) is 0 Å². The fourth-order valence-corrected chi connectivity index (χ4v) is 4.07. The van der Waals surface area contributed by atoms with Crippen molar-refractivity contribution in [3.8, 4) is 5.75 Å². The molecule has 5 rings (SSSR count). The van der Waals surface area contributed by atoms with Crippen molar-refractivity contribution < 1.29 is 13.9 Å². The highest BCUT2D eigenvalue weighted by atomic mass is 16.5. The number of fused-ring (bicyclic) bond motifs is 2. The van der Waals surface area contributed by atoms with Crippen LogP contribution in [0.4, 0.5) is 5.82 Å². The fraction of sp³-hybridized carbons (Fsp3) is 0.192. The molecule has 0 aliphatic carbocycles. The van der Waals surface area contributed by atoms with Crippen LogP contribution < -0.4 is 15.1 Å². The Morgan fingerprint density at radius 3 is 2.69 bits per heavy atom. The number of hydrogen-bond donors (Lipinski definition) is 0. The number of hydrogen-bond acceptors (Lipinski definition) is 5. The van der Waals surface area contributed by atoms with Gasteiger partial charge in [0.05, 0.1) is 23.6 Å². The number of benzene rings is 2. The van der Waals surface area contributed by atoms with Crippen LogP contribution in [0.3, 0.4) is 0 Å². The van der Waals surface area contributed by atoms with E-state index in [1.54, 1.807) is 36.5 Å². The van der Waals surface area contributed by atoms with Crippen molar-refractivity contribution in [3.63, 3.8) is 0 Å². The van der Waals surface area contributed by atoms with Crippen molar-refractivity contribution in [2.75, 3.05) is 11.5 Å². The van der Waals surface area contributed by atoms with Crippen LogP contribution in [-0.4, -0.2) is 17.5 Å². The summed E-state index contributed by atoms with van der Waals surface area (Å²) in [7, 11) is 0. The zero-order valence-electron chi connectivity index (χ0n) is 17.9. The van der Waals surface area contributed by atoms with Gasteiger partial charge in [0.1, 0.15) is 17.2 Å². The van der Waals surface area contributed by atoms with Crippen LogP contribution in [0.5, 0.6) is 5.75 Å². The fourth-order valence-electron chi connectivity index (χ4n) is 4.07. The Balaban J connectivity index is 1.75. The number of anilines is 1. The molecule has 2 aromatic heterocycles. The van der Waals surface area contributed by atoms with Gasteiger partial charge in [-0.25, -0.2) is 4.98 Å². The summed E-state index contributed by atoms with van der Waals surface area (Å²) < 4.78 is 11.8. The summed E-state index contributed by atoms with van der Waals surface area (Å²) in [5, 5.41) is 0.446. The van der Waals surface area contributed by atoms with Crippen LogP contribution in [0, 0.1) is 6.92 Å². The maximum Gasteiger partial charge on any atom is 0.296 e. The summed E-state index contributed by atoms with van der Waals surface area (Å²) in [4.78, 5) is 33.1. The van der Waals surface area contributed by atoms with E-state index in [0.717, 1.165) is 17.5 Å².